The van der Waals surface area contributed by atoms with Crippen LogP contribution in [0.5, 0.6) is 0 Å². The number of halogens is 1. The van der Waals surface area contributed by atoms with Crippen molar-refractivity contribution in [3.8, 4) is 0 Å². The van der Waals surface area contributed by atoms with Gasteiger partial charge in [-0.2, -0.15) is 0 Å². The molecule has 2 rings (SSSR count). The summed E-state index contributed by atoms with van der Waals surface area (Å²) in [7, 11) is 0. The Morgan fingerprint density at radius 1 is 1.56 bits per heavy atom. The summed E-state index contributed by atoms with van der Waals surface area (Å²) in [4.78, 5) is 19.6. The molecule has 0 atom stereocenters. The zero-order valence-corrected chi connectivity index (χ0v) is 9.76. The first-order valence-electron chi connectivity index (χ1n) is 4.52. The van der Waals surface area contributed by atoms with Crippen molar-refractivity contribution < 1.29 is 4.79 Å². The minimum atomic E-state index is -0.222. The molecule has 0 spiro atoms. The predicted molar refractivity (Wildman–Crippen MR) is 62.5 cm³/mol. The molecule has 0 unspecified atom stereocenters. The molecule has 6 heteroatoms. The maximum absolute atomic E-state index is 11.7. The summed E-state index contributed by atoms with van der Waals surface area (Å²) in [6.07, 6.45) is 2.98. The minimum absolute atomic E-state index is 0.222. The van der Waals surface area contributed by atoms with Crippen molar-refractivity contribution in [2.75, 3.05) is 0 Å². The van der Waals surface area contributed by atoms with Gasteiger partial charge in [0.25, 0.3) is 5.91 Å². The van der Waals surface area contributed by atoms with Gasteiger partial charge in [0.15, 0.2) is 0 Å². The zero-order valence-electron chi connectivity index (χ0n) is 8.18. The molecular formula is C10H8ClN3OS. The van der Waals surface area contributed by atoms with Crippen LogP contribution in [0.1, 0.15) is 16.1 Å². The first-order chi connectivity index (χ1) is 7.77. The lowest BCUT2D eigenvalue weighted by atomic mass is 10.2. The second-order valence-corrected chi connectivity index (χ2v) is 4.14. The third kappa shape index (κ3) is 2.56. The standard InChI is InChI=1S/C10H8ClN3OS/c11-9-4-12-2-1-8(9)10(15)13-3-7-5-16-6-14-7/h1-2,4-6H,3H2,(H,13,15). The summed E-state index contributed by atoms with van der Waals surface area (Å²) >= 11 is 7.33. The Balaban J connectivity index is 2.01. The molecule has 1 N–H and O–H groups in total. The van der Waals surface area contributed by atoms with Gasteiger partial charge in [0.1, 0.15) is 0 Å². The Labute approximate surface area is 101 Å². The summed E-state index contributed by atoms with van der Waals surface area (Å²) in [6, 6.07) is 1.58. The number of carbonyl (C=O) groups is 1. The summed E-state index contributed by atoms with van der Waals surface area (Å²) in [5.41, 5.74) is 2.98. The van der Waals surface area contributed by atoms with E-state index in [0.717, 1.165) is 5.69 Å². The quantitative estimate of drug-likeness (QED) is 0.912. The number of amides is 1. The molecule has 0 aliphatic rings. The number of pyridine rings is 1. The molecule has 2 aromatic heterocycles. The number of hydrogen-bond donors (Lipinski definition) is 1. The van der Waals surface area contributed by atoms with Gasteiger partial charge >= 0.3 is 0 Å². The fraction of sp³-hybridized carbons (Fsp3) is 0.100. The van der Waals surface area contributed by atoms with E-state index in [-0.39, 0.29) is 5.91 Å². The van der Waals surface area contributed by atoms with Crippen LogP contribution >= 0.6 is 22.9 Å². The number of thiazole rings is 1. The van der Waals surface area contributed by atoms with Crippen molar-refractivity contribution in [1.82, 2.24) is 15.3 Å². The van der Waals surface area contributed by atoms with Crippen LogP contribution in [0.15, 0.2) is 29.4 Å². The van der Waals surface area contributed by atoms with E-state index in [1.54, 1.807) is 11.6 Å². The average Bonchev–Trinajstić information content (AvgIpc) is 2.79. The van der Waals surface area contributed by atoms with E-state index < -0.39 is 0 Å². The molecule has 1 amide bonds. The molecule has 0 aliphatic carbocycles. The Morgan fingerprint density at radius 2 is 2.44 bits per heavy atom. The van der Waals surface area contributed by atoms with Crippen molar-refractivity contribution in [2.24, 2.45) is 0 Å². The molecule has 0 radical (unpaired) electrons. The summed E-state index contributed by atoms with van der Waals surface area (Å²) in [5, 5.41) is 4.96. The maximum atomic E-state index is 11.7. The lowest BCUT2D eigenvalue weighted by Crippen LogP contribution is -2.23. The van der Waals surface area contributed by atoms with Crippen molar-refractivity contribution in [1.29, 1.82) is 0 Å². The fourth-order valence-corrected chi connectivity index (χ4v) is 1.91. The average molecular weight is 254 g/mol. The number of nitrogens with zero attached hydrogens (tertiary/aromatic N) is 2. The third-order valence-electron chi connectivity index (χ3n) is 1.93. The van der Waals surface area contributed by atoms with E-state index in [2.05, 4.69) is 15.3 Å². The number of hydrogen-bond acceptors (Lipinski definition) is 4. The number of aromatic nitrogens is 2. The molecule has 82 valence electrons. The maximum Gasteiger partial charge on any atom is 0.253 e. The van der Waals surface area contributed by atoms with Gasteiger partial charge in [0.2, 0.25) is 0 Å². The summed E-state index contributed by atoms with van der Waals surface area (Å²) < 4.78 is 0. The Hall–Kier alpha value is -1.46. The third-order valence-corrected chi connectivity index (χ3v) is 2.87. The SMILES string of the molecule is O=C(NCc1cscn1)c1ccncc1Cl. The highest BCUT2D eigenvalue weighted by atomic mass is 35.5. The molecule has 0 aliphatic heterocycles. The lowest BCUT2D eigenvalue weighted by molar-refractivity contribution is 0.0950. The smallest absolute Gasteiger partial charge is 0.253 e. The van der Waals surface area contributed by atoms with Gasteiger partial charge < -0.3 is 5.32 Å². The number of carbonyl (C=O) groups excluding carboxylic acids is 1. The van der Waals surface area contributed by atoms with Gasteiger partial charge in [-0.3, -0.25) is 9.78 Å². The van der Waals surface area contributed by atoms with Crippen LogP contribution in [0.3, 0.4) is 0 Å². The monoisotopic (exact) mass is 253 g/mol. The fourth-order valence-electron chi connectivity index (χ4n) is 1.15. The van der Waals surface area contributed by atoms with Crippen LogP contribution in [0.4, 0.5) is 0 Å². The normalized spacial score (nSPS) is 10.1. The second-order valence-electron chi connectivity index (χ2n) is 3.02. The lowest BCUT2D eigenvalue weighted by Gasteiger charge is -2.04. The first kappa shape index (κ1) is 11.0. The van der Waals surface area contributed by atoms with Crippen molar-refractivity contribution in [3.63, 3.8) is 0 Å². The van der Waals surface area contributed by atoms with E-state index in [1.807, 2.05) is 5.38 Å². The van der Waals surface area contributed by atoms with Crippen molar-refractivity contribution >= 4 is 28.8 Å². The molecule has 0 saturated heterocycles. The number of rotatable bonds is 3. The molecule has 0 saturated carbocycles. The molecule has 2 heterocycles. The Bertz CT molecular complexity index is 487. The van der Waals surface area contributed by atoms with Gasteiger partial charge in [-0.1, -0.05) is 11.6 Å². The molecule has 0 bridgehead atoms. The zero-order chi connectivity index (χ0) is 11.4. The highest BCUT2D eigenvalue weighted by Crippen LogP contribution is 2.13. The molecule has 4 nitrogen and oxygen atoms in total. The highest BCUT2D eigenvalue weighted by Gasteiger charge is 2.09. The van der Waals surface area contributed by atoms with Crippen LogP contribution in [0.25, 0.3) is 0 Å². The van der Waals surface area contributed by atoms with Gasteiger partial charge in [-0.25, -0.2) is 4.98 Å². The number of nitrogens with one attached hydrogen (secondary N) is 1. The van der Waals surface area contributed by atoms with E-state index >= 15 is 0 Å². The Kier molecular flexibility index (Phi) is 3.48. The van der Waals surface area contributed by atoms with Crippen molar-refractivity contribution in [3.05, 3.63) is 45.6 Å². The Morgan fingerprint density at radius 3 is 3.12 bits per heavy atom. The van der Waals surface area contributed by atoms with Gasteiger partial charge in [0.05, 0.1) is 28.3 Å². The van der Waals surface area contributed by atoms with Gasteiger partial charge in [-0.15, -0.1) is 11.3 Å². The molecule has 16 heavy (non-hydrogen) atoms. The largest absolute Gasteiger partial charge is 0.346 e. The van der Waals surface area contributed by atoms with Gasteiger partial charge in [0, 0.05) is 17.8 Å². The second kappa shape index (κ2) is 5.05. The molecule has 0 fully saturated rings. The van der Waals surface area contributed by atoms with E-state index in [0.29, 0.717) is 17.1 Å². The minimum Gasteiger partial charge on any atom is -0.346 e. The first-order valence-corrected chi connectivity index (χ1v) is 5.84. The predicted octanol–water partition coefficient (Wildman–Crippen LogP) is 2.12. The topological polar surface area (TPSA) is 54.9 Å². The van der Waals surface area contributed by atoms with E-state index in [1.165, 1.54) is 23.7 Å². The van der Waals surface area contributed by atoms with Crippen molar-refractivity contribution in [2.45, 2.75) is 6.54 Å². The van der Waals surface area contributed by atoms with Crippen LogP contribution in [-0.4, -0.2) is 15.9 Å². The van der Waals surface area contributed by atoms with Crippen LogP contribution in [0.2, 0.25) is 5.02 Å². The summed E-state index contributed by atoms with van der Waals surface area (Å²) in [6.45, 7) is 0.404. The van der Waals surface area contributed by atoms with Crippen LogP contribution in [0, 0.1) is 0 Å². The van der Waals surface area contributed by atoms with E-state index in [9.17, 15) is 4.79 Å². The van der Waals surface area contributed by atoms with Crippen LogP contribution in [-0.2, 0) is 6.54 Å². The molecule has 2 aromatic rings. The van der Waals surface area contributed by atoms with E-state index in [4.69, 9.17) is 11.6 Å². The summed E-state index contributed by atoms with van der Waals surface area (Å²) in [5.74, 6) is -0.222. The molecule has 0 aromatic carbocycles. The highest BCUT2D eigenvalue weighted by molar-refractivity contribution is 7.07. The van der Waals surface area contributed by atoms with Crippen LogP contribution < -0.4 is 5.32 Å². The molecular weight excluding hydrogens is 246 g/mol. The van der Waals surface area contributed by atoms with Gasteiger partial charge in [-0.05, 0) is 6.07 Å².